The Morgan fingerprint density at radius 2 is 2.04 bits per heavy atom. The van der Waals surface area contributed by atoms with Gasteiger partial charge in [-0.1, -0.05) is 31.5 Å². The van der Waals surface area contributed by atoms with Crippen molar-refractivity contribution in [3.63, 3.8) is 0 Å². The molecule has 0 spiro atoms. The second-order valence-electron chi connectivity index (χ2n) is 7.03. The van der Waals surface area contributed by atoms with Crippen LogP contribution in [0.3, 0.4) is 0 Å². The molecular formula is C19H27N3O2S2. The van der Waals surface area contributed by atoms with Crippen LogP contribution in [-0.4, -0.2) is 40.2 Å². The zero-order valence-electron chi connectivity index (χ0n) is 15.8. The summed E-state index contributed by atoms with van der Waals surface area (Å²) < 4.78 is 1.81. The molecule has 1 aliphatic rings. The van der Waals surface area contributed by atoms with E-state index in [1.165, 1.54) is 28.6 Å². The molecule has 3 rings (SSSR count). The number of carbonyl (C=O) groups is 1. The minimum atomic E-state index is 0.0370. The Hall–Kier alpha value is -1.34. The molecule has 0 aromatic carbocycles. The smallest absolute Gasteiger partial charge is 0.263 e. The van der Waals surface area contributed by atoms with Gasteiger partial charge in [0, 0.05) is 25.5 Å². The number of hydrogen-bond acceptors (Lipinski definition) is 5. The lowest BCUT2D eigenvalue weighted by Gasteiger charge is -2.14. The van der Waals surface area contributed by atoms with E-state index in [1.54, 1.807) is 30.3 Å². The molecule has 0 radical (unpaired) electrons. The predicted molar refractivity (Wildman–Crippen MR) is 109 cm³/mol. The van der Waals surface area contributed by atoms with E-state index in [2.05, 4.69) is 6.92 Å². The van der Waals surface area contributed by atoms with Gasteiger partial charge in [-0.15, -0.1) is 11.3 Å². The Morgan fingerprint density at radius 3 is 2.77 bits per heavy atom. The van der Waals surface area contributed by atoms with Crippen molar-refractivity contribution >= 4 is 39.2 Å². The van der Waals surface area contributed by atoms with Crippen molar-refractivity contribution in [3.05, 3.63) is 20.8 Å². The van der Waals surface area contributed by atoms with E-state index in [-0.39, 0.29) is 11.5 Å². The zero-order valence-corrected chi connectivity index (χ0v) is 17.5. The van der Waals surface area contributed by atoms with Crippen LogP contribution in [-0.2, 0) is 24.2 Å². The molecule has 2 heterocycles. The molecule has 1 aliphatic carbocycles. The highest BCUT2D eigenvalue weighted by molar-refractivity contribution is 7.99. The van der Waals surface area contributed by atoms with Gasteiger partial charge in [0.05, 0.1) is 11.1 Å². The molecule has 1 amide bonds. The monoisotopic (exact) mass is 393 g/mol. The highest BCUT2D eigenvalue weighted by Crippen LogP contribution is 2.34. The van der Waals surface area contributed by atoms with E-state index in [0.717, 1.165) is 48.7 Å². The molecule has 26 heavy (non-hydrogen) atoms. The van der Waals surface area contributed by atoms with Crippen LogP contribution in [0.5, 0.6) is 0 Å². The van der Waals surface area contributed by atoms with Gasteiger partial charge >= 0.3 is 0 Å². The topological polar surface area (TPSA) is 55.2 Å². The van der Waals surface area contributed by atoms with Gasteiger partial charge in [0.2, 0.25) is 5.91 Å². The lowest BCUT2D eigenvalue weighted by atomic mass is 9.97. The number of thiophene rings is 1. The molecule has 0 fully saturated rings. The number of carbonyl (C=O) groups excluding carboxylic acids is 1. The molecule has 0 saturated carbocycles. The third kappa shape index (κ3) is 3.98. The molecule has 0 saturated heterocycles. The number of amides is 1. The van der Waals surface area contributed by atoms with Gasteiger partial charge < -0.3 is 4.90 Å². The molecule has 0 N–H and O–H groups in total. The first kappa shape index (κ1) is 19.4. The number of nitrogens with zero attached hydrogens (tertiary/aromatic N) is 3. The van der Waals surface area contributed by atoms with Crippen LogP contribution in [0.25, 0.3) is 10.2 Å². The first-order valence-corrected chi connectivity index (χ1v) is 11.2. The summed E-state index contributed by atoms with van der Waals surface area (Å²) in [6, 6.07) is 0. The van der Waals surface area contributed by atoms with Crippen molar-refractivity contribution in [2.45, 2.75) is 63.6 Å². The lowest BCUT2D eigenvalue weighted by Crippen LogP contribution is -2.26. The van der Waals surface area contributed by atoms with Crippen LogP contribution < -0.4 is 5.56 Å². The minimum absolute atomic E-state index is 0.0370. The fraction of sp³-hybridized carbons (Fsp3) is 0.632. The summed E-state index contributed by atoms with van der Waals surface area (Å²) in [6.07, 6.45) is 7.57. The van der Waals surface area contributed by atoms with Crippen molar-refractivity contribution in [2.24, 2.45) is 0 Å². The standard InChI is InChI=1S/C19H27N3O2S2/c1-4-5-8-11-22-18(24)16-13-9-6-7-10-14(13)26-17(16)20-19(22)25-12-15(23)21(2)3/h4-12H2,1-3H3. The molecule has 0 unspecified atom stereocenters. The molecule has 2 aromatic rings. The number of unbranched alkanes of at least 4 members (excludes halogenated alkanes) is 2. The van der Waals surface area contributed by atoms with Crippen molar-refractivity contribution in [3.8, 4) is 0 Å². The third-order valence-electron chi connectivity index (χ3n) is 4.85. The van der Waals surface area contributed by atoms with Crippen molar-refractivity contribution in [1.82, 2.24) is 14.5 Å². The van der Waals surface area contributed by atoms with E-state index in [4.69, 9.17) is 4.98 Å². The van der Waals surface area contributed by atoms with E-state index in [0.29, 0.717) is 17.5 Å². The number of thioether (sulfide) groups is 1. The van der Waals surface area contributed by atoms with E-state index >= 15 is 0 Å². The van der Waals surface area contributed by atoms with E-state index in [1.807, 2.05) is 4.57 Å². The quantitative estimate of drug-likeness (QED) is 0.409. The third-order valence-corrected chi connectivity index (χ3v) is 7.00. The van der Waals surface area contributed by atoms with Crippen LogP contribution in [0.2, 0.25) is 0 Å². The summed E-state index contributed by atoms with van der Waals surface area (Å²) in [5.41, 5.74) is 1.32. The van der Waals surface area contributed by atoms with Crippen molar-refractivity contribution < 1.29 is 4.79 Å². The van der Waals surface area contributed by atoms with Crippen LogP contribution in [0.1, 0.15) is 49.5 Å². The fourth-order valence-corrected chi connectivity index (χ4v) is 5.61. The Balaban J connectivity index is 2.01. The summed E-state index contributed by atoms with van der Waals surface area (Å²) in [5.74, 6) is 0.346. The highest BCUT2D eigenvalue weighted by Gasteiger charge is 2.22. The van der Waals surface area contributed by atoms with E-state index in [9.17, 15) is 9.59 Å². The Labute approximate surface area is 162 Å². The second kappa shape index (κ2) is 8.57. The largest absolute Gasteiger partial charge is 0.348 e. The van der Waals surface area contributed by atoms with Crippen LogP contribution in [0.15, 0.2) is 9.95 Å². The summed E-state index contributed by atoms with van der Waals surface area (Å²) >= 11 is 3.06. The van der Waals surface area contributed by atoms with Crippen LogP contribution in [0.4, 0.5) is 0 Å². The maximum Gasteiger partial charge on any atom is 0.263 e. The van der Waals surface area contributed by atoms with Gasteiger partial charge in [0.25, 0.3) is 5.56 Å². The van der Waals surface area contributed by atoms with Crippen LogP contribution in [0, 0.1) is 0 Å². The molecule has 142 valence electrons. The maximum absolute atomic E-state index is 13.3. The zero-order chi connectivity index (χ0) is 18.7. The van der Waals surface area contributed by atoms with Gasteiger partial charge in [0.1, 0.15) is 4.83 Å². The first-order chi connectivity index (χ1) is 12.5. The number of aryl methyl sites for hydroxylation is 2. The number of rotatable bonds is 7. The highest BCUT2D eigenvalue weighted by atomic mass is 32.2. The van der Waals surface area contributed by atoms with Gasteiger partial charge in [-0.05, 0) is 37.7 Å². The Kier molecular flexibility index (Phi) is 6.40. The molecule has 0 aliphatic heterocycles. The molecule has 0 bridgehead atoms. The Bertz CT molecular complexity index is 855. The second-order valence-corrected chi connectivity index (χ2v) is 9.05. The molecule has 2 aromatic heterocycles. The fourth-order valence-electron chi connectivity index (χ4n) is 3.30. The lowest BCUT2D eigenvalue weighted by molar-refractivity contribution is -0.125. The molecule has 0 atom stereocenters. The summed E-state index contributed by atoms with van der Waals surface area (Å²) in [7, 11) is 3.50. The number of aromatic nitrogens is 2. The normalized spacial score (nSPS) is 13.8. The number of fused-ring (bicyclic) bond motifs is 3. The van der Waals surface area contributed by atoms with Gasteiger partial charge in [-0.2, -0.15) is 0 Å². The minimum Gasteiger partial charge on any atom is -0.348 e. The van der Waals surface area contributed by atoms with E-state index < -0.39 is 0 Å². The molecular weight excluding hydrogens is 366 g/mol. The van der Waals surface area contributed by atoms with Gasteiger partial charge in [-0.25, -0.2) is 4.98 Å². The summed E-state index contributed by atoms with van der Waals surface area (Å²) in [6.45, 7) is 2.84. The molecule has 7 heteroatoms. The average Bonchev–Trinajstić information content (AvgIpc) is 3.00. The van der Waals surface area contributed by atoms with Gasteiger partial charge in [0.15, 0.2) is 5.16 Å². The van der Waals surface area contributed by atoms with Crippen molar-refractivity contribution in [2.75, 3.05) is 19.8 Å². The SMILES string of the molecule is CCCCCn1c(SCC(=O)N(C)C)nc2sc3c(c2c1=O)CCCC3. The Morgan fingerprint density at radius 1 is 1.27 bits per heavy atom. The van der Waals surface area contributed by atoms with Crippen molar-refractivity contribution in [1.29, 1.82) is 0 Å². The predicted octanol–water partition coefficient (Wildman–Crippen LogP) is 3.71. The first-order valence-electron chi connectivity index (χ1n) is 9.41. The number of hydrogen-bond donors (Lipinski definition) is 0. The van der Waals surface area contributed by atoms with Crippen LogP contribution >= 0.6 is 23.1 Å². The average molecular weight is 394 g/mol. The summed E-state index contributed by atoms with van der Waals surface area (Å²) in [5, 5.41) is 1.52. The maximum atomic E-state index is 13.3. The summed E-state index contributed by atoms with van der Waals surface area (Å²) in [4.78, 5) is 33.9. The van der Waals surface area contributed by atoms with Gasteiger partial charge in [-0.3, -0.25) is 14.2 Å². The molecule has 5 nitrogen and oxygen atoms in total.